The van der Waals surface area contributed by atoms with Crippen molar-refractivity contribution in [2.45, 2.75) is 30.1 Å². The van der Waals surface area contributed by atoms with Gasteiger partial charge < -0.3 is 39.8 Å². The summed E-state index contributed by atoms with van der Waals surface area (Å²) in [5, 5.41) is 8.65. The first-order chi connectivity index (χ1) is 21.9. The minimum atomic E-state index is -0.457. The topological polar surface area (TPSA) is 127 Å². The summed E-state index contributed by atoms with van der Waals surface area (Å²) in [6.07, 6.45) is 2.02. The molecule has 238 valence electrons. The maximum atomic E-state index is 13.5. The van der Waals surface area contributed by atoms with Gasteiger partial charge in [-0.05, 0) is 54.6 Å². The summed E-state index contributed by atoms with van der Waals surface area (Å²) >= 11 is 1.53. The third kappa shape index (κ3) is 8.68. The van der Waals surface area contributed by atoms with Gasteiger partial charge in [0.15, 0.2) is 0 Å². The number of benzene rings is 3. The van der Waals surface area contributed by atoms with Crippen molar-refractivity contribution in [3.05, 3.63) is 83.4 Å². The molecule has 0 spiro atoms. The molecule has 11 nitrogen and oxygen atoms in total. The molecular weight excluding hydrogens is 596 g/mol. The molecule has 3 aromatic rings. The normalized spacial score (nSPS) is 19.0. The number of nitrogens with one attached hydrogen (secondary N) is 3. The van der Waals surface area contributed by atoms with Gasteiger partial charge in [0.05, 0.1) is 30.9 Å². The molecule has 45 heavy (non-hydrogen) atoms. The summed E-state index contributed by atoms with van der Waals surface area (Å²) in [6.45, 7) is 2.14. The Morgan fingerprint density at radius 1 is 1.00 bits per heavy atom. The fourth-order valence-corrected chi connectivity index (χ4v) is 5.82. The second-order valence-corrected chi connectivity index (χ2v) is 11.5. The average molecular weight is 635 g/mol. The van der Waals surface area contributed by atoms with E-state index in [0.717, 1.165) is 10.5 Å². The maximum absolute atomic E-state index is 13.5. The second kappa shape index (κ2) is 15.6. The SMILES string of the molecule is COCCOc1cc2cc(c1)C(=O)NCCNC(=O)N[C@H]1CCN(C(=O)c3ccccc3SC)C[C@@H]1OCc1cccc(c1)O2. The van der Waals surface area contributed by atoms with Gasteiger partial charge in [0.2, 0.25) is 0 Å². The lowest BCUT2D eigenvalue weighted by atomic mass is 10.0. The molecule has 2 heterocycles. The molecule has 0 unspecified atom stereocenters. The van der Waals surface area contributed by atoms with Crippen molar-refractivity contribution in [2.24, 2.45) is 0 Å². The number of piperidine rings is 1. The fourth-order valence-electron chi connectivity index (χ4n) is 5.23. The zero-order valence-corrected chi connectivity index (χ0v) is 26.2. The van der Waals surface area contributed by atoms with Crippen LogP contribution in [0.4, 0.5) is 4.79 Å². The van der Waals surface area contributed by atoms with E-state index < -0.39 is 6.10 Å². The number of amides is 4. The average Bonchev–Trinajstić information content (AvgIpc) is 3.05. The molecule has 0 aliphatic carbocycles. The zero-order valence-electron chi connectivity index (χ0n) is 25.4. The molecule has 2 aliphatic rings. The van der Waals surface area contributed by atoms with Gasteiger partial charge in [-0.25, -0.2) is 4.79 Å². The molecule has 2 atom stereocenters. The molecular formula is C33H38N4O7S. The number of urea groups is 1. The van der Waals surface area contributed by atoms with Crippen LogP contribution in [0.1, 0.15) is 32.7 Å². The van der Waals surface area contributed by atoms with Gasteiger partial charge in [0, 0.05) is 49.8 Å². The van der Waals surface area contributed by atoms with Gasteiger partial charge in [-0.15, -0.1) is 11.8 Å². The summed E-state index contributed by atoms with van der Waals surface area (Å²) < 4.78 is 23.4. The summed E-state index contributed by atoms with van der Waals surface area (Å²) in [5.74, 6) is 1.05. The number of likely N-dealkylation sites (tertiary alicyclic amines) is 1. The number of carbonyl (C=O) groups is 3. The van der Waals surface area contributed by atoms with E-state index in [9.17, 15) is 14.4 Å². The number of nitrogens with zero attached hydrogens (tertiary/aromatic N) is 1. The lowest BCUT2D eigenvalue weighted by Gasteiger charge is -2.39. The predicted octanol–water partition coefficient (Wildman–Crippen LogP) is 4.07. The van der Waals surface area contributed by atoms with E-state index >= 15 is 0 Å². The van der Waals surface area contributed by atoms with Crippen LogP contribution in [0, 0.1) is 0 Å². The third-order valence-corrected chi connectivity index (χ3v) is 8.29. The van der Waals surface area contributed by atoms with Crippen LogP contribution in [0.15, 0.2) is 71.6 Å². The van der Waals surface area contributed by atoms with Crippen LogP contribution in [-0.4, -0.2) is 87.6 Å². The van der Waals surface area contributed by atoms with Crippen molar-refractivity contribution in [1.29, 1.82) is 0 Å². The lowest BCUT2D eigenvalue weighted by Crippen LogP contribution is -2.58. The molecule has 1 saturated heterocycles. The maximum Gasteiger partial charge on any atom is 0.315 e. The molecule has 0 aromatic heterocycles. The van der Waals surface area contributed by atoms with Gasteiger partial charge in [-0.3, -0.25) is 9.59 Å². The van der Waals surface area contributed by atoms with E-state index in [1.165, 1.54) is 11.8 Å². The van der Waals surface area contributed by atoms with E-state index in [1.807, 2.05) is 54.8 Å². The highest BCUT2D eigenvalue weighted by Crippen LogP contribution is 2.29. The monoisotopic (exact) mass is 634 g/mol. The van der Waals surface area contributed by atoms with Crippen LogP contribution in [0.5, 0.6) is 17.2 Å². The minimum absolute atomic E-state index is 0.0650. The van der Waals surface area contributed by atoms with Crippen molar-refractivity contribution in [3.63, 3.8) is 0 Å². The summed E-state index contributed by atoms with van der Waals surface area (Å²) in [5.41, 5.74) is 1.85. The predicted molar refractivity (Wildman–Crippen MR) is 170 cm³/mol. The van der Waals surface area contributed by atoms with Crippen molar-refractivity contribution in [3.8, 4) is 17.2 Å². The van der Waals surface area contributed by atoms with Crippen LogP contribution >= 0.6 is 11.8 Å². The Bertz CT molecular complexity index is 1500. The molecule has 4 amide bonds. The van der Waals surface area contributed by atoms with Crippen molar-refractivity contribution >= 4 is 29.6 Å². The van der Waals surface area contributed by atoms with E-state index in [4.69, 9.17) is 18.9 Å². The largest absolute Gasteiger partial charge is 0.491 e. The number of fused-ring (bicyclic) bond motifs is 5. The molecule has 12 heteroatoms. The zero-order chi connectivity index (χ0) is 31.6. The fraction of sp³-hybridized carbons (Fsp3) is 0.364. The third-order valence-electron chi connectivity index (χ3n) is 7.49. The Kier molecular flexibility index (Phi) is 11.2. The van der Waals surface area contributed by atoms with E-state index in [2.05, 4.69) is 16.0 Å². The number of carbonyl (C=O) groups excluding carboxylic acids is 3. The lowest BCUT2D eigenvalue weighted by molar-refractivity contribution is -0.0236. The molecule has 0 radical (unpaired) electrons. The van der Waals surface area contributed by atoms with Crippen LogP contribution in [0.25, 0.3) is 0 Å². The minimum Gasteiger partial charge on any atom is -0.491 e. The Balaban J connectivity index is 1.37. The first kappa shape index (κ1) is 32.1. The number of hydrogen-bond acceptors (Lipinski definition) is 8. The van der Waals surface area contributed by atoms with Crippen molar-refractivity contribution in [1.82, 2.24) is 20.9 Å². The van der Waals surface area contributed by atoms with Crippen LogP contribution in [-0.2, 0) is 16.1 Å². The number of methoxy groups -OCH3 is 1. The molecule has 5 rings (SSSR count). The van der Waals surface area contributed by atoms with Gasteiger partial charge >= 0.3 is 6.03 Å². The Morgan fingerprint density at radius 3 is 2.69 bits per heavy atom. The second-order valence-electron chi connectivity index (χ2n) is 10.6. The Labute approximate surface area is 266 Å². The number of hydrogen-bond donors (Lipinski definition) is 3. The van der Waals surface area contributed by atoms with E-state index in [0.29, 0.717) is 61.1 Å². The molecule has 0 saturated carbocycles. The standard InChI is InChI=1S/C33H38N4O7S/c1-41-14-15-42-25-17-23-18-26(19-25)44-24-7-5-6-22(16-24)21-43-29-20-37(32(39)27-8-3-4-9-30(27)45-2)13-10-28(29)36-33(40)35-12-11-34-31(23)38/h3-9,16-19,28-29H,10-15,20-21H2,1-2H3,(H,34,38)(H2,35,36,40)/t28-,29-/m0/s1. The quantitative estimate of drug-likeness (QED) is 0.274. The highest BCUT2D eigenvalue weighted by Gasteiger charge is 2.34. The van der Waals surface area contributed by atoms with E-state index in [1.54, 1.807) is 30.2 Å². The smallest absolute Gasteiger partial charge is 0.315 e. The van der Waals surface area contributed by atoms with Gasteiger partial charge in [-0.2, -0.15) is 0 Å². The van der Waals surface area contributed by atoms with Gasteiger partial charge in [-0.1, -0.05) is 24.3 Å². The molecule has 3 aromatic carbocycles. The number of ether oxygens (including phenoxy) is 4. The van der Waals surface area contributed by atoms with Gasteiger partial charge in [0.1, 0.15) is 23.9 Å². The highest BCUT2D eigenvalue weighted by atomic mass is 32.2. The summed E-state index contributed by atoms with van der Waals surface area (Å²) in [4.78, 5) is 42.1. The Hall–Kier alpha value is -4.26. The number of rotatable bonds is 6. The first-order valence-corrected chi connectivity index (χ1v) is 16.1. The highest BCUT2D eigenvalue weighted by molar-refractivity contribution is 7.98. The van der Waals surface area contributed by atoms with E-state index in [-0.39, 0.29) is 43.6 Å². The summed E-state index contributed by atoms with van der Waals surface area (Å²) in [7, 11) is 1.59. The summed E-state index contributed by atoms with van der Waals surface area (Å²) in [6, 6.07) is 19.3. The molecule has 1 fully saturated rings. The van der Waals surface area contributed by atoms with Crippen LogP contribution < -0.4 is 25.4 Å². The first-order valence-electron chi connectivity index (χ1n) is 14.8. The van der Waals surface area contributed by atoms with Crippen LogP contribution in [0.2, 0.25) is 0 Å². The number of thioether (sulfide) groups is 1. The van der Waals surface area contributed by atoms with Crippen molar-refractivity contribution < 1.29 is 33.3 Å². The molecule has 4 bridgehead atoms. The Morgan fingerprint density at radius 2 is 1.84 bits per heavy atom. The van der Waals surface area contributed by atoms with Crippen molar-refractivity contribution in [2.75, 3.05) is 52.8 Å². The van der Waals surface area contributed by atoms with Crippen LogP contribution in [0.3, 0.4) is 0 Å². The van der Waals surface area contributed by atoms with Gasteiger partial charge in [0.25, 0.3) is 11.8 Å². The molecule has 3 N–H and O–H groups in total. The molecule has 2 aliphatic heterocycles.